The molecule has 8 heteroatoms. The van der Waals surface area contributed by atoms with E-state index >= 15 is 0 Å². The fourth-order valence-corrected chi connectivity index (χ4v) is 3.59. The predicted octanol–water partition coefficient (Wildman–Crippen LogP) is 3.73. The quantitative estimate of drug-likeness (QED) is 0.811. The van der Waals surface area contributed by atoms with E-state index in [0.29, 0.717) is 17.0 Å². The molecule has 4 rings (SSSR count). The van der Waals surface area contributed by atoms with E-state index in [1.165, 1.54) is 12.6 Å². The van der Waals surface area contributed by atoms with Crippen LogP contribution < -0.4 is 15.5 Å². The smallest absolute Gasteiger partial charge is 0.229 e. The molecule has 0 spiro atoms. The van der Waals surface area contributed by atoms with Crippen LogP contribution in [0.2, 0.25) is 5.02 Å². The maximum atomic E-state index is 13.9. The van der Waals surface area contributed by atoms with Gasteiger partial charge in [-0.05, 0) is 44.5 Å². The second-order valence-electron chi connectivity index (χ2n) is 7.24. The van der Waals surface area contributed by atoms with Gasteiger partial charge in [-0.2, -0.15) is 4.98 Å². The zero-order valence-electron chi connectivity index (χ0n) is 15.4. The number of benzene rings is 1. The van der Waals surface area contributed by atoms with Crippen molar-refractivity contribution in [2.24, 2.45) is 0 Å². The third-order valence-electron chi connectivity index (χ3n) is 5.24. The first kappa shape index (κ1) is 18.3. The number of likely N-dealkylation sites (N-methyl/N-ethyl adjacent to an activating group) is 1. The highest BCUT2D eigenvalue weighted by atomic mass is 35.5. The normalized spacial score (nSPS) is 18.3. The molecule has 1 aliphatic carbocycles. The van der Waals surface area contributed by atoms with Crippen LogP contribution in [-0.4, -0.2) is 54.1 Å². The van der Waals surface area contributed by atoms with E-state index in [-0.39, 0.29) is 5.82 Å². The zero-order chi connectivity index (χ0) is 18.8. The summed E-state index contributed by atoms with van der Waals surface area (Å²) in [4.78, 5) is 12.9. The second kappa shape index (κ2) is 7.86. The first-order valence-corrected chi connectivity index (χ1v) is 9.75. The van der Waals surface area contributed by atoms with Gasteiger partial charge in [0, 0.05) is 37.9 Å². The molecule has 2 fully saturated rings. The van der Waals surface area contributed by atoms with Crippen molar-refractivity contribution in [3.8, 4) is 0 Å². The SMILES string of the molecule is CN1CCN(c2ccc(Nc3ncc(F)c(NC4CCC4)n3)cc2Cl)CC1. The molecule has 2 aromatic rings. The first-order chi connectivity index (χ1) is 13.1. The molecule has 144 valence electrons. The molecule has 1 aromatic carbocycles. The van der Waals surface area contributed by atoms with Crippen molar-refractivity contribution in [1.82, 2.24) is 14.9 Å². The Balaban J connectivity index is 1.46. The molecule has 1 aromatic heterocycles. The second-order valence-corrected chi connectivity index (χ2v) is 7.65. The van der Waals surface area contributed by atoms with Gasteiger partial charge >= 0.3 is 0 Å². The molecule has 6 nitrogen and oxygen atoms in total. The number of anilines is 4. The highest BCUT2D eigenvalue weighted by Gasteiger charge is 2.20. The third-order valence-corrected chi connectivity index (χ3v) is 5.54. The van der Waals surface area contributed by atoms with Crippen molar-refractivity contribution in [3.63, 3.8) is 0 Å². The molecular formula is C19H24ClFN6. The number of nitrogens with zero attached hydrogens (tertiary/aromatic N) is 4. The Bertz CT molecular complexity index is 805. The van der Waals surface area contributed by atoms with Crippen LogP contribution >= 0.6 is 11.6 Å². The number of halogens is 2. The summed E-state index contributed by atoms with van der Waals surface area (Å²) >= 11 is 6.51. The lowest BCUT2D eigenvalue weighted by atomic mass is 9.93. The molecule has 0 atom stereocenters. The minimum Gasteiger partial charge on any atom is -0.368 e. The molecule has 2 heterocycles. The van der Waals surface area contributed by atoms with Crippen molar-refractivity contribution in [1.29, 1.82) is 0 Å². The maximum Gasteiger partial charge on any atom is 0.229 e. The highest BCUT2D eigenvalue weighted by molar-refractivity contribution is 6.33. The molecule has 27 heavy (non-hydrogen) atoms. The van der Waals surface area contributed by atoms with Crippen molar-refractivity contribution in [2.75, 3.05) is 48.8 Å². The summed E-state index contributed by atoms with van der Waals surface area (Å²) in [5.41, 5.74) is 1.81. The Morgan fingerprint density at radius 1 is 1.19 bits per heavy atom. The Morgan fingerprint density at radius 3 is 2.63 bits per heavy atom. The van der Waals surface area contributed by atoms with Crippen LogP contribution in [0.5, 0.6) is 0 Å². The molecule has 1 saturated heterocycles. The number of nitrogens with one attached hydrogen (secondary N) is 2. The Morgan fingerprint density at radius 2 is 1.96 bits per heavy atom. The summed E-state index contributed by atoms with van der Waals surface area (Å²) in [7, 11) is 2.13. The van der Waals surface area contributed by atoms with E-state index in [1.54, 1.807) is 0 Å². The van der Waals surface area contributed by atoms with Gasteiger partial charge in [-0.25, -0.2) is 9.37 Å². The topological polar surface area (TPSA) is 56.3 Å². The van der Waals surface area contributed by atoms with E-state index < -0.39 is 5.82 Å². The average molecular weight is 391 g/mol. The minimum absolute atomic E-state index is 0.248. The number of hydrogen-bond donors (Lipinski definition) is 2. The number of hydrogen-bond acceptors (Lipinski definition) is 6. The van der Waals surface area contributed by atoms with Crippen molar-refractivity contribution >= 4 is 34.7 Å². The predicted molar refractivity (Wildman–Crippen MR) is 108 cm³/mol. The molecule has 0 unspecified atom stereocenters. The Labute approximate surface area is 163 Å². The van der Waals surface area contributed by atoms with Gasteiger partial charge in [-0.15, -0.1) is 0 Å². The number of piperazine rings is 1. The lowest BCUT2D eigenvalue weighted by molar-refractivity contribution is 0.313. The fraction of sp³-hybridized carbons (Fsp3) is 0.474. The van der Waals surface area contributed by atoms with Crippen LogP contribution in [0.25, 0.3) is 0 Å². The van der Waals surface area contributed by atoms with Gasteiger partial charge in [0.2, 0.25) is 5.95 Å². The highest BCUT2D eigenvalue weighted by Crippen LogP contribution is 2.31. The summed E-state index contributed by atoms with van der Waals surface area (Å²) in [5.74, 6) is 0.162. The van der Waals surface area contributed by atoms with Gasteiger partial charge in [0.15, 0.2) is 11.6 Å². The fourth-order valence-electron chi connectivity index (χ4n) is 3.29. The van der Waals surface area contributed by atoms with Gasteiger partial charge in [-0.3, -0.25) is 0 Å². The van der Waals surface area contributed by atoms with Gasteiger partial charge in [0.25, 0.3) is 0 Å². The van der Waals surface area contributed by atoms with Gasteiger partial charge in [0.1, 0.15) is 0 Å². The summed E-state index contributed by atoms with van der Waals surface area (Å²) in [6.45, 7) is 3.97. The molecule has 1 saturated carbocycles. The van der Waals surface area contributed by atoms with E-state index in [1.807, 2.05) is 18.2 Å². The minimum atomic E-state index is -0.434. The average Bonchev–Trinajstić information content (AvgIpc) is 2.62. The van der Waals surface area contributed by atoms with Crippen LogP contribution in [0.3, 0.4) is 0 Å². The van der Waals surface area contributed by atoms with E-state index in [2.05, 4.69) is 37.4 Å². The summed E-state index contributed by atoms with van der Waals surface area (Å²) in [5, 5.41) is 6.94. The lowest BCUT2D eigenvalue weighted by Gasteiger charge is -2.34. The van der Waals surface area contributed by atoms with Crippen molar-refractivity contribution < 1.29 is 4.39 Å². The Hall–Kier alpha value is -2.12. The monoisotopic (exact) mass is 390 g/mol. The summed E-state index contributed by atoms with van der Waals surface area (Å²) in [6.07, 6.45) is 4.47. The summed E-state index contributed by atoms with van der Waals surface area (Å²) < 4.78 is 13.9. The molecule has 2 aliphatic rings. The maximum absolute atomic E-state index is 13.9. The Kier molecular flexibility index (Phi) is 5.31. The molecule has 1 aliphatic heterocycles. The zero-order valence-corrected chi connectivity index (χ0v) is 16.1. The van der Waals surface area contributed by atoms with Crippen LogP contribution in [0.4, 0.5) is 27.5 Å². The van der Waals surface area contributed by atoms with E-state index in [9.17, 15) is 4.39 Å². The van der Waals surface area contributed by atoms with Gasteiger partial charge in [0.05, 0.1) is 16.9 Å². The van der Waals surface area contributed by atoms with Crippen molar-refractivity contribution in [2.45, 2.75) is 25.3 Å². The van der Waals surface area contributed by atoms with Crippen LogP contribution in [0, 0.1) is 5.82 Å². The van der Waals surface area contributed by atoms with E-state index in [0.717, 1.165) is 50.4 Å². The van der Waals surface area contributed by atoms with E-state index in [4.69, 9.17) is 11.6 Å². The molecule has 2 N–H and O–H groups in total. The largest absolute Gasteiger partial charge is 0.368 e. The van der Waals surface area contributed by atoms with Crippen LogP contribution in [0.15, 0.2) is 24.4 Å². The third kappa shape index (κ3) is 4.25. The van der Waals surface area contributed by atoms with Gasteiger partial charge < -0.3 is 20.4 Å². The van der Waals surface area contributed by atoms with Gasteiger partial charge in [-0.1, -0.05) is 11.6 Å². The lowest BCUT2D eigenvalue weighted by Crippen LogP contribution is -2.44. The molecule has 0 amide bonds. The number of aromatic nitrogens is 2. The standard InChI is InChI=1S/C19H24ClFN6/c1-26-7-9-27(10-8-26)17-6-5-14(11-15(17)20)24-19-22-12-16(21)18(25-19)23-13-3-2-4-13/h5-6,11-13H,2-4,7-10H2,1H3,(H2,22,23,24,25). The molecular weight excluding hydrogens is 367 g/mol. The van der Waals surface area contributed by atoms with Crippen molar-refractivity contribution in [3.05, 3.63) is 35.2 Å². The molecule has 0 radical (unpaired) electrons. The van der Waals surface area contributed by atoms with Crippen LogP contribution in [0.1, 0.15) is 19.3 Å². The molecule has 0 bridgehead atoms. The first-order valence-electron chi connectivity index (χ1n) is 9.37. The van der Waals surface area contributed by atoms with Crippen LogP contribution in [-0.2, 0) is 0 Å². The summed E-state index contributed by atoms with van der Waals surface area (Å²) in [6, 6.07) is 6.12. The number of rotatable bonds is 5.